The maximum atomic E-state index is 12.4. The zero-order chi connectivity index (χ0) is 16.3. The number of hydrogen-bond acceptors (Lipinski definition) is 5. The molecule has 2 aromatic rings. The summed E-state index contributed by atoms with van der Waals surface area (Å²) in [6.07, 6.45) is 3.59. The molecule has 22 heavy (non-hydrogen) atoms. The van der Waals surface area contributed by atoms with Gasteiger partial charge in [-0.15, -0.1) is 23.1 Å². The molecule has 1 aromatic heterocycles. The van der Waals surface area contributed by atoms with Gasteiger partial charge in [-0.25, -0.2) is 0 Å². The van der Waals surface area contributed by atoms with Crippen LogP contribution in [0.15, 0.2) is 44.5 Å². The summed E-state index contributed by atoms with van der Waals surface area (Å²) in [4.78, 5) is 1.42. The van der Waals surface area contributed by atoms with Crippen molar-refractivity contribution >= 4 is 39.3 Å². The van der Waals surface area contributed by atoms with Gasteiger partial charge in [0.25, 0.3) is 10.0 Å². The molecule has 0 aliphatic heterocycles. The first-order chi connectivity index (χ1) is 10.3. The number of sulfonamides is 1. The van der Waals surface area contributed by atoms with Crippen LogP contribution in [0.1, 0.15) is 16.0 Å². The van der Waals surface area contributed by atoms with Crippen LogP contribution in [-0.4, -0.2) is 32.4 Å². The van der Waals surface area contributed by atoms with Gasteiger partial charge in [-0.05, 0) is 38.3 Å². The Morgan fingerprint density at radius 2 is 1.86 bits per heavy atom. The zero-order valence-corrected chi connectivity index (χ0v) is 15.3. The van der Waals surface area contributed by atoms with E-state index in [4.69, 9.17) is 0 Å². The van der Waals surface area contributed by atoms with Crippen molar-refractivity contribution in [2.45, 2.75) is 23.0 Å². The number of hydrazone groups is 1. The third kappa shape index (κ3) is 3.71. The first kappa shape index (κ1) is 17.1. The van der Waals surface area contributed by atoms with Gasteiger partial charge in [0.15, 0.2) is 0 Å². The number of nitrogens with zero attached hydrogens (tertiary/aromatic N) is 2. The van der Waals surface area contributed by atoms with Gasteiger partial charge in [-0.2, -0.15) is 17.9 Å². The van der Waals surface area contributed by atoms with Crippen molar-refractivity contribution < 1.29 is 8.42 Å². The van der Waals surface area contributed by atoms with E-state index in [1.54, 1.807) is 53.6 Å². The zero-order valence-electron chi connectivity index (χ0n) is 12.9. The summed E-state index contributed by atoms with van der Waals surface area (Å²) in [7, 11) is -2.16. The largest absolute Gasteiger partial charge is 0.278 e. The summed E-state index contributed by atoms with van der Waals surface area (Å²) in [5, 5.41) is 4.10. The number of thioether (sulfide) groups is 1. The molecular formula is C15H18N2O2S3. The van der Waals surface area contributed by atoms with Crippen molar-refractivity contribution in [1.29, 1.82) is 0 Å². The molecule has 0 N–H and O–H groups in total. The number of thiophene rings is 1. The van der Waals surface area contributed by atoms with E-state index >= 15 is 0 Å². The van der Waals surface area contributed by atoms with Crippen molar-refractivity contribution in [2.24, 2.45) is 5.10 Å². The first-order valence-corrected chi connectivity index (χ1v) is 10.1. The Kier molecular flexibility index (Phi) is 5.31. The summed E-state index contributed by atoms with van der Waals surface area (Å²) >= 11 is 3.31. The number of rotatable bonds is 5. The molecule has 0 unspecified atom stereocenters. The van der Waals surface area contributed by atoms with Crippen LogP contribution in [0.3, 0.4) is 0 Å². The molecule has 4 nitrogen and oxygen atoms in total. The van der Waals surface area contributed by atoms with Crippen LogP contribution in [-0.2, 0) is 10.0 Å². The van der Waals surface area contributed by atoms with Crippen LogP contribution in [0.2, 0.25) is 0 Å². The second-order valence-electron chi connectivity index (χ2n) is 4.80. The Hall–Kier alpha value is -1.31. The lowest BCUT2D eigenvalue weighted by atomic mass is 10.2. The van der Waals surface area contributed by atoms with Crippen LogP contribution in [0.4, 0.5) is 0 Å². The molecule has 0 amide bonds. The first-order valence-electron chi connectivity index (χ1n) is 6.58. The number of aryl methyl sites for hydroxylation is 2. The SMILES string of the molecule is CSc1sc(C)cc1C=NN(C)S(=O)(=O)c1ccc(C)cc1. The van der Waals surface area contributed by atoms with Crippen molar-refractivity contribution in [3.8, 4) is 0 Å². The molecule has 7 heteroatoms. The van der Waals surface area contributed by atoms with Gasteiger partial charge >= 0.3 is 0 Å². The minimum Gasteiger partial charge on any atom is -0.200 e. The van der Waals surface area contributed by atoms with Crippen LogP contribution in [0.25, 0.3) is 0 Å². The van der Waals surface area contributed by atoms with Gasteiger partial charge in [0, 0.05) is 17.5 Å². The molecular weight excluding hydrogens is 336 g/mol. The fraction of sp³-hybridized carbons (Fsp3) is 0.267. The maximum absolute atomic E-state index is 12.4. The number of benzene rings is 1. The van der Waals surface area contributed by atoms with Gasteiger partial charge in [0.05, 0.1) is 15.3 Å². The molecule has 1 aromatic carbocycles. The van der Waals surface area contributed by atoms with Gasteiger partial charge in [-0.3, -0.25) is 0 Å². The molecule has 0 saturated heterocycles. The minimum absolute atomic E-state index is 0.240. The van der Waals surface area contributed by atoms with Gasteiger partial charge in [-0.1, -0.05) is 17.7 Å². The Bertz CT molecular complexity index is 778. The molecule has 2 rings (SSSR count). The van der Waals surface area contributed by atoms with Crippen molar-refractivity contribution in [3.05, 3.63) is 46.3 Å². The van der Waals surface area contributed by atoms with E-state index in [1.807, 2.05) is 26.2 Å². The molecule has 0 bridgehead atoms. The quantitative estimate of drug-likeness (QED) is 0.467. The maximum Gasteiger partial charge on any atom is 0.278 e. The fourth-order valence-electron chi connectivity index (χ4n) is 1.83. The minimum atomic E-state index is -3.61. The lowest BCUT2D eigenvalue weighted by molar-refractivity contribution is 0.491. The fourth-order valence-corrected chi connectivity index (χ4v) is 4.57. The lowest BCUT2D eigenvalue weighted by Crippen LogP contribution is -2.21. The van der Waals surface area contributed by atoms with Crippen molar-refractivity contribution in [3.63, 3.8) is 0 Å². The molecule has 0 spiro atoms. The van der Waals surface area contributed by atoms with Crippen LogP contribution >= 0.6 is 23.1 Å². The molecule has 118 valence electrons. The van der Waals surface area contributed by atoms with Gasteiger partial charge in [0.2, 0.25) is 0 Å². The van der Waals surface area contributed by atoms with E-state index in [9.17, 15) is 8.42 Å². The lowest BCUT2D eigenvalue weighted by Gasteiger charge is -2.13. The smallest absolute Gasteiger partial charge is 0.200 e. The average Bonchev–Trinajstić information content (AvgIpc) is 2.85. The Labute approximate surface area is 139 Å². The highest BCUT2D eigenvalue weighted by Gasteiger charge is 2.18. The van der Waals surface area contributed by atoms with E-state index < -0.39 is 10.0 Å². The molecule has 0 fully saturated rings. The molecule has 0 aliphatic carbocycles. The molecule has 1 heterocycles. The van der Waals surface area contributed by atoms with Crippen molar-refractivity contribution in [2.75, 3.05) is 13.3 Å². The molecule has 0 radical (unpaired) electrons. The topological polar surface area (TPSA) is 49.7 Å². The second-order valence-corrected chi connectivity index (χ2v) is 9.08. The standard InChI is InChI=1S/C15H18N2O2S3/c1-11-5-7-14(8-6-11)22(18,19)17(3)16-10-13-9-12(2)21-15(13)20-4/h5-10H,1-4H3. The van der Waals surface area contributed by atoms with Crippen molar-refractivity contribution in [1.82, 2.24) is 4.41 Å². The highest BCUT2D eigenvalue weighted by molar-refractivity contribution is 8.00. The summed E-state index contributed by atoms with van der Waals surface area (Å²) < 4.78 is 27.0. The van der Waals surface area contributed by atoms with E-state index in [-0.39, 0.29) is 4.90 Å². The highest BCUT2D eigenvalue weighted by atomic mass is 32.2. The summed E-state index contributed by atoms with van der Waals surface area (Å²) in [5.74, 6) is 0. The number of hydrogen-bond donors (Lipinski definition) is 0. The Morgan fingerprint density at radius 3 is 2.45 bits per heavy atom. The normalized spacial score (nSPS) is 12.0. The second kappa shape index (κ2) is 6.85. The van der Waals surface area contributed by atoms with Crippen LogP contribution in [0, 0.1) is 13.8 Å². The van der Waals surface area contributed by atoms with E-state index in [0.717, 1.165) is 19.8 Å². The molecule has 0 saturated carbocycles. The Morgan fingerprint density at radius 1 is 1.23 bits per heavy atom. The Balaban J connectivity index is 2.25. The van der Waals surface area contributed by atoms with Gasteiger partial charge in [0.1, 0.15) is 0 Å². The monoisotopic (exact) mass is 354 g/mol. The highest BCUT2D eigenvalue weighted by Crippen LogP contribution is 2.29. The summed E-state index contributed by atoms with van der Waals surface area (Å²) in [6.45, 7) is 3.94. The third-order valence-corrected chi connectivity index (χ3v) is 6.93. The van der Waals surface area contributed by atoms with E-state index in [1.165, 1.54) is 11.9 Å². The third-order valence-electron chi connectivity index (χ3n) is 3.06. The molecule has 0 aliphatic rings. The summed E-state index contributed by atoms with van der Waals surface area (Å²) in [6, 6.07) is 8.75. The van der Waals surface area contributed by atoms with Crippen LogP contribution in [0.5, 0.6) is 0 Å². The van der Waals surface area contributed by atoms with Gasteiger partial charge < -0.3 is 0 Å². The van der Waals surface area contributed by atoms with E-state index in [0.29, 0.717) is 0 Å². The predicted molar refractivity (Wildman–Crippen MR) is 94.6 cm³/mol. The predicted octanol–water partition coefficient (Wildman–Crippen LogP) is 3.74. The summed E-state index contributed by atoms with van der Waals surface area (Å²) in [5.41, 5.74) is 1.96. The van der Waals surface area contributed by atoms with E-state index in [2.05, 4.69) is 5.10 Å². The average molecular weight is 355 g/mol. The van der Waals surface area contributed by atoms with Crippen LogP contribution < -0.4 is 0 Å². The molecule has 0 atom stereocenters.